The van der Waals surface area contributed by atoms with Gasteiger partial charge in [-0.05, 0) is 30.2 Å². The Morgan fingerprint density at radius 1 is 1.33 bits per heavy atom. The Hall–Kier alpha value is -1.99. The molecule has 0 N–H and O–H groups in total. The molecular formula is C17H18N4OS2. The number of Topliss-reactive ketones (excluding diaryl/α,β-unsaturated/α-hetero) is 1. The fourth-order valence-corrected chi connectivity index (χ4v) is 4.18. The molecule has 0 amide bonds. The molecule has 0 atom stereocenters. The average molecular weight is 358 g/mol. The van der Waals surface area contributed by atoms with Gasteiger partial charge >= 0.3 is 0 Å². The van der Waals surface area contributed by atoms with E-state index in [0.29, 0.717) is 5.01 Å². The minimum atomic E-state index is -0.0474. The summed E-state index contributed by atoms with van der Waals surface area (Å²) in [7, 11) is 0. The molecule has 3 aromatic rings. The van der Waals surface area contributed by atoms with E-state index in [2.05, 4.69) is 40.3 Å². The highest BCUT2D eigenvalue weighted by molar-refractivity contribution is 8.00. The summed E-state index contributed by atoms with van der Waals surface area (Å²) in [5.41, 5.74) is 3.56. The minimum Gasteiger partial charge on any atom is -0.306 e. The van der Waals surface area contributed by atoms with Crippen molar-refractivity contribution in [3.63, 3.8) is 0 Å². The van der Waals surface area contributed by atoms with Gasteiger partial charge in [-0.2, -0.15) is 0 Å². The van der Waals surface area contributed by atoms with Gasteiger partial charge in [-0.25, -0.2) is 4.98 Å². The predicted octanol–water partition coefficient (Wildman–Crippen LogP) is 4.16. The number of imidazole rings is 1. The van der Waals surface area contributed by atoms with Crippen LogP contribution < -0.4 is 0 Å². The van der Waals surface area contributed by atoms with Crippen LogP contribution in [0.2, 0.25) is 0 Å². The Morgan fingerprint density at radius 3 is 2.83 bits per heavy atom. The molecule has 24 heavy (non-hydrogen) atoms. The SMILES string of the molecule is Cc1cc(-n2ccnc2)ccc1CSc1nnc(C(=O)C(C)C)s1. The molecule has 7 heteroatoms. The summed E-state index contributed by atoms with van der Waals surface area (Å²) in [6.45, 7) is 5.85. The molecule has 0 radical (unpaired) electrons. The van der Waals surface area contributed by atoms with Gasteiger partial charge < -0.3 is 4.57 Å². The number of carbonyl (C=O) groups excluding carboxylic acids is 1. The third-order valence-electron chi connectivity index (χ3n) is 3.62. The largest absolute Gasteiger partial charge is 0.306 e. The first-order valence-corrected chi connectivity index (χ1v) is 9.43. The first kappa shape index (κ1) is 16.9. The molecule has 0 aliphatic heterocycles. The lowest BCUT2D eigenvalue weighted by Gasteiger charge is -2.08. The number of nitrogens with zero attached hydrogens (tertiary/aromatic N) is 4. The molecule has 0 fully saturated rings. The summed E-state index contributed by atoms with van der Waals surface area (Å²) in [6.07, 6.45) is 5.49. The molecule has 0 aliphatic carbocycles. The van der Waals surface area contributed by atoms with E-state index in [0.717, 1.165) is 15.8 Å². The third kappa shape index (κ3) is 3.73. The monoisotopic (exact) mass is 358 g/mol. The van der Waals surface area contributed by atoms with Gasteiger partial charge in [-0.3, -0.25) is 4.79 Å². The number of carbonyl (C=O) groups is 1. The Morgan fingerprint density at radius 2 is 2.17 bits per heavy atom. The van der Waals surface area contributed by atoms with Crippen LogP contribution in [0.1, 0.15) is 34.8 Å². The van der Waals surface area contributed by atoms with E-state index in [4.69, 9.17) is 0 Å². The molecular weight excluding hydrogens is 340 g/mol. The van der Waals surface area contributed by atoms with Gasteiger partial charge in [0.2, 0.25) is 0 Å². The number of thioether (sulfide) groups is 1. The van der Waals surface area contributed by atoms with E-state index in [-0.39, 0.29) is 11.7 Å². The van der Waals surface area contributed by atoms with Crippen LogP contribution in [0.15, 0.2) is 41.3 Å². The zero-order valence-electron chi connectivity index (χ0n) is 13.8. The van der Waals surface area contributed by atoms with Crippen molar-refractivity contribution in [2.75, 3.05) is 0 Å². The molecule has 0 saturated carbocycles. The van der Waals surface area contributed by atoms with Crippen LogP contribution in [0.5, 0.6) is 0 Å². The molecule has 3 rings (SSSR count). The molecule has 0 unspecified atom stereocenters. The summed E-state index contributed by atoms with van der Waals surface area (Å²) in [5, 5.41) is 8.63. The lowest BCUT2D eigenvalue weighted by atomic mass is 10.1. The van der Waals surface area contributed by atoms with Crippen LogP contribution >= 0.6 is 23.1 Å². The Bertz CT molecular complexity index is 840. The highest BCUT2D eigenvalue weighted by atomic mass is 32.2. The number of aryl methyl sites for hydroxylation is 1. The maximum atomic E-state index is 11.9. The Balaban J connectivity index is 1.68. The highest BCUT2D eigenvalue weighted by Crippen LogP contribution is 2.28. The summed E-state index contributed by atoms with van der Waals surface area (Å²) in [6, 6.07) is 6.35. The Kier molecular flexibility index (Phi) is 5.11. The van der Waals surface area contributed by atoms with Crippen molar-refractivity contribution >= 4 is 28.9 Å². The van der Waals surface area contributed by atoms with Crippen molar-refractivity contribution in [3.8, 4) is 5.69 Å². The van der Waals surface area contributed by atoms with Crippen LogP contribution in [0.3, 0.4) is 0 Å². The van der Waals surface area contributed by atoms with Crippen molar-refractivity contribution in [1.82, 2.24) is 19.7 Å². The standard InChI is InChI=1S/C17H18N4OS2/c1-11(2)15(22)16-19-20-17(24-16)23-9-13-4-5-14(8-12(13)3)21-7-6-18-10-21/h4-8,10-11H,9H2,1-3H3. The third-order valence-corrected chi connectivity index (χ3v) is 5.74. The van der Waals surface area contributed by atoms with Crippen LogP contribution in [-0.4, -0.2) is 25.5 Å². The van der Waals surface area contributed by atoms with Crippen molar-refractivity contribution in [3.05, 3.63) is 53.1 Å². The summed E-state index contributed by atoms with van der Waals surface area (Å²) < 4.78 is 2.82. The van der Waals surface area contributed by atoms with Gasteiger partial charge in [0.15, 0.2) is 15.1 Å². The molecule has 0 aliphatic rings. The van der Waals surface area contributed by atoms with Gasteiger partial charge in [-0.1, -0.05) is 43.0 Å². The van der Waals surface area contributed by atoms with Gasteiger partial charge in [0.25, 0.3) is 0 Å². The fourth-order valence-electron chi connectivity index (χ4n) is 2.17. The van der Waals surface area contributed by atoms with Gasteiger partial charge in [0, 0.05) is 29.8 Å². The highest BCUT2D eigenvalue weighted by Gasteiger charge is 2.16. The number of benzene rings is 1. The molecule has 0 spiro atoms. The summed E-state index contributed by atoms with van der Waals surface area (Å²) in [4.78, 5) is 16.0. The molecule has 2 aromatic heterocycles. The second-order valence-corrected chi connectivity index (χ2v) is 7.96. The smallest absolute Gasteiger partial charge is 0.195 e. The van der Waals surface area contributed by atoms with Crippen LogP contribution in [-0.2, 0) is 5.75 Å². The number of rotatable bonds is 6. The Labute approximate surface area is 149 Å². The van der Waals surface area contributed by atoms with Gasteiger partial charge in [0.05, 0.1) is 6.33 Å². The van der Waals surface area contributed by atoms with Crippen LogP contribution in [0, 0.1) is 12.8 Å². The molecule has 0 saturated heterocycles. The van der Waals surface area contributed by atoms with Gasteiger partial charge in [0.1, 0.15) is 0 Å². The van der Waals surface area contributed by atoms with Crippen molar-refractivity contribution < 1.29 is 4.79 Å². The predicted molar refractivity (Wildman–Crippen MR) is 96.9 cm³/mol. The quantitative estimate of drug-likeness (QED) is 0.489. The number of hydrogen-bond acceptors (Lipinski definition) is 6. The van der Waals surface area contributed by atoms with E-state index >= 15 is 0 Å². The van der Waals surface area contributed by atoms with E-state index in [9.17, 15) is 4.79 Å². The molecule has 0 bridgehead atoms. The lowest BCUT2D eigenvalue weighted by Crippen LogP contribution is -2.06. The van der Waals surface area contributed by atoms with E-state index in [1.165, 1.54) is 22.5 Å². The lowest BCUT2D eigenvalue weighted by molar-refractivity contribution is 0.0938. The van der Waals surface area contributed by atoms with E-state index in [1.807, 2.05) is 24.6 Å². The topological polar surface area (TPSA) is 60.7 Å². The molecule has 1 aromatic carbocycles. The zero-order chi connectivity index (χ0) is 17.1. The van der Waals surface area contributed by atoms with Crippen LogP contribution in [0.4, 0.5) is 0 Å². The molecule has 5 nitrogen and oxygen atoms in total. The van der Waals surface area contributed by atoms with E-state index in [1.54, 1.807) is 24.3 Å². The minimum absolute atomic E-state index is 0.0474. The maximum Gasteiger partial charge on any atom is 0.195 e. The number of hydrogen-bond donors (Lipinski definition) is 0. The summed E-state index contributed by atoms with van der Waals surface area (Å²) in [5.74, 6) is 0.814. The molecule has 2 heterocycles. The normalized spacial score (nSPS) is 11.2. The van der Waals surface area contributed by atoms with E-state index < -0.39 is 0 Å². The fraction of sp³-hybridized carbons (Fsp3) is 0.294. The first-order chi connectivity index (χ1) is 11.5. The maximum absolute atomic E-state index is 11.9. The van der Waals surface area contributed by atoms with Gasteiger partial charge in [-0.15, -0.1) is 10.2 Å². The van der Waals surface area contributed by atoms with Crippen LogP contribution in [0.25, 0.3) is 5.69 Å². The average Bonchev–Trinajstić information content (AvgIpc) is 3.24. The van der Waals surface area contributed by atoms with Crippen molar-refractivity contribution in [1.29, 1.82) is 0 Å². The second kappa shape index (κ2) is 7.27. The van der Waals surface area contributed by atoms with Crippen molar-refractivity contribution in [2.45, 2.75) is 30.9 Å². The first-order valence-electron chi connectivity index (χ1n) is 7.63. The number of aromatic nitrogens is 4. The molecule has 124 valence electrons. The zero-order valence-corrected chi connectivity index (χ0v) is 15.4. The second-order valence-electron chi connectivity index (χ2n) is 5.76. The number of ketones is 1. The summed E-state index contributed by atoms with van der Waals surface area (Å²) >= 11 is 2.99. The van der Waals surface area contributed by atoms with Crippen molar-refractivity contribution in [2.24, 2.45) is 5.92 Å².